The van der Waals surface area contributed by atoms with Crippen LogP contribution in [0.15, 0.2) is 30.3 Å². The van der Waals surface area contributed by atoms with Crippen molar-refractivity contribution in [2.45, 2.75) is 18.6 Å². The van der Waals surface area contributed by atoms with E-state index in [0.29, 0.717) is 5.75 Å². The highest BCUT2D eigenvalue weighted by atomic mass is 32.2. The number of ether oxygens (including phenoxy) is 1. The molecule has 0 saturated heterocycles. The predicted molar refractivity (Wildman–Crippen MR) is 69.4 cm³/mol. The first-order chi connectivity index (χ1) is 8.22. The van der Waals surface area contributed by atoms with E-state index in [0.717, 1.165) is 6.26 Å². The maximum absolute atomic E-state index is 11.5. The highest BCUT2D eigenvalue weighted by Crippen LogP contribution is 2.14. The van der Waals surface area contributed by atoms with Crippen LogP contribution in [-0.2, 0) is 9.84 Å². The van der Waals surface area contributed by atoms with Crippen LogP contribution in [0.5, 0.6) is 5.75 Å². The molecular weight excluding hydrogens is 254 g/mol. The standard InChI is InChI=1S/C12H17NO4S/c1-12(2,18(3,15)16)9-13-11(14)17-10-7-5-4-6-8-10/h4-8H,9H2,1-3H3,(H,13,14). The average Bonchev–Trinajstić information content (AvgIpc) is 2.26. The van der Waals surface area contributed by atoms with E-state index in [-0.39, 0.29) is 6.54 Å². The third-order valence-corrected chi connectivity index (χ3v) is 4.77. The van der Waals surface area contributed by atoms with Gasteiger partial charge in [0, 0.05) is 12.8 Å². The van der Waals surface area contributed by atoms with Gasteiger partial charge in [0.2, 0.25) is 0 Å². The predicted octanol–water partition coefficient (Wildman–Crippen LogP) is 1.60. The molecule has 1 aromatic carbocycles. The minimum absolute atomic E-state index is 0.00248. The second-order valence-electron chi connectivity index (χ2n) is 4.59. The number of rotatable bonds is 4. The van der Waals surface area contributed by atoms with E-state index in [1.807, 2.05) is 0 Å². The van der Waals surface area contributed by atoms with E-state index in [4.69, 9.17) is 4.74 Å². The molecule has 100 valence electrons. The van der Waals surface area contributed by atoms with Gasteiger partial charge in [-0.15, -0.1) is 0 Å². The van der Waals surface area contributed by atoms with Crippen molar-refractivity contribution in [1.82, 2.24) is 5.32 Å². The highest BCUT2D eigenvalue weighted by Gasteiger charge is 2.30. The van der Waals surface area contributed by atoms with E-state index < -0.39 is 20.7 Å². The zero-order valence-electron chi connectivity index (χ0n) is 10.6. The van der Waals surface area contributed by atoms with Crippen LogP contribution >= 0.6 is 0 Å². The molecule has 0 aliphatic rings. The summed E-state index contributed by atoms with van der Waals surface area (Å²) in [5.74, 6) is 0.409. The van der Waals surface area contributed by atoms with Gasteiger partial charge in [-0.2, -0.15) is 0 Å². The lowest BCUT2D eigenvalue weighted by atomic mass is 10.2. The first kappa shape index (κ1) is 14.5. The molecule has 0 atom stereocenters. The number of para-hydroxylation sites is 1. The minimum atomic E-state index is -3.24. The molecule has 1 aromatic rings. The van der Waals surface area contributed by atoms with Gasteiger partial charge in [-0.05, 0) is 26.0 Å². The third kappa shape index (κ3) is 4.03. The number of carbonyl (C=O) groups excluding carboxylic acids is 1. The lowest BCUT2D eigenvalue weighted by molar-refractivity contribution is 0.199. The monoisotopic (exact) mass is 271 g/mol. The van der Waals surface area contributed by atoms with Crippen molar-refractivity contribution < 1.29 is 17.9 Å². The third-order valence-electron chi connectivity index (χ3n) is 2.62. The van der Waals surface area contributed by atoms with Crippen LogP contribution in [0.25, 0.3) is 0 Å². The van der Waals surface area contributed by atoms with Gasteiger partial charge in [0.05, 0.1) is 4.75 Å². The zero-order chi connectivity index (χ0) is 13.8. The van der Waals surface area contributed by atoms with Crippen molar-refractivity contribution in [3.8, 4) is 5.75 Å². The Hall–Kier alpha value is -1.56. The molecular formula is C12H17NO4S. The lowest BCUT2D eigenvalue weighted by Crippen LogP contribution is -2.44. The van der Waals surface area contributed by atoms with Crippen LogP contribution < -0.4 is 10.1 Å². The Morgan fingerprint density at radius 1 is 1.28 bits per heavy atom. The van der Waals surface area contributed by atoms with E-state index in [9.17, 15) is 13.2 Å². The van der Waals surface area contributed by atoms with E-state index >= 15 is 0 Å². The molecule has 1 N–H and O–H groups in total. The number of carbonyl (C=O) groups is 1. The van der Waals surface area contributed by atoms with Crippen molar-refractivity contribution >= 4 is 15.9 Å². The summed E-state index contributed by atoms with van der Waals surface area (Å²) in [6.07, 6.45) is 0.468. The van der Waals surface area contributed by atoms with Crippen molar-refractivity contribution in [1.29, 1.82) is 0 Å². The Balaban J connectivity index is 2.53. The van der Waals surface area contributed by atoms with E-state index in [2.05, 4.69) is 5.32 Å². The summed E-state index contributed by atoms with van der Waals surface area (Å²) in [6, 6.07) is 8.56. The van der Waals surface area contributed by atoms with Gasteiger partial charge in [0.15, 0.2) is 9.84 Å². The maximum Gasteiger partial charge on any atom is 0.412 e. The number of hydrogen-bond donors (Lipinski definition) is 1. The summed E-state index contributed by atoms with van der Waals surface area (Å²) < 4.78 is 26.8. The average molecular weight is 271 g/mol. The topological polar surface area (TPSA) is 72.5 Å². The number of benzene rings is 1. The van der Waals surface area contributed by atoms with Crippen LogP contribution in [0.1, 0.15) is 13.8 Å². The van der Waals surface area contributed by atoms with Crippen LogP contribution in [0, 0.1) is 0 Å². The van der Waals surface area contributed by atoms with Gasteiger partial charge in [0.25, 0.3) is 0 Å². The van der Waals surface area contributed by atoms with Gasteiger partial charge in [-0.3, -0.25) is 0 Å². The summed E-state index contributed by atoms with van der Waals surface area (Å²) in [7, 11) is -3.24. The molecule has 18 heavy (non-hydrogen) atoms. The highest BCUT2D eigenvalue weighted by molar-refractivity contribution is 7.92. The Labute approximate surface area is 107 Å². The number of amides is 1. The number of hydrogen-bond acceptors (Lipinski definition) is 4. The first-order valence-corrected chi connectivity index (χ1v) is 7.32. The molecule has 0 aromatic heterocycles. The molecule has 0 heterocycles. The Bertz CT molecular complexity index is 508. The van der Waals surface area contributed by atoms with Gasteiger partial charge in [0.1, 0.15) is 5.75 Å². The van der Waals surface area contributed by atoms with Crippen LogP contribution in [0.3, 0.4) is 0 Å². The molecule has 1 amide bonds. The summed E-state index contributed by atoms with van der Waals surface area (Å²) in [4.78, 5) is 11.5. The fourth-order valence-electron chi connectivity index (χ4n) is 1.05. The lowest BCUT2D eigenvalue weighted by Gasteiger charge is -2.22. The molecule has 6 heteroatoms. The molecule has 0 saturated carbocycles. The number of nitrogens with one attached hydrogen (secondary N) is 1. The molecule has 1 rings (SSSR count). The van der Waals surface area contributed by atoms with E-state index in [1.165, 1.54) is 0 Å². The zero-order valence-corrected chi connectivity index (χ0v) is 11.5. The largest absolute Gasteiger partial charge is 0.412 e. The van der Waals surface area contributed by atoms with Crippen LogP contribution in [0.2, 0.25) is 0 Å². The first-order valence-electron chi connectivity index (χ1n) is 5.43. The SMILES string of the molecule is CC(C)(CNC(=O)Oc1ccccc1)S(C)(=O)=O. The van der Waals surface area contributed by atoms with Gasteiger partial charge < -0.3 is 10.1 Å². The smallest absolute Gasteiger partial charge is 0.410 e. The van der Waals surface area contributed by atoms with Crippen molar-refractivity contribution in [2.24, 2.45) is 0 Å². The maximum atomic E-state index is 11.5. The van der Waals surface area contributed by atoms with Crippen molar-refractivity contribution in [3.63, 3.8) is 0 Å². The molecule has 0 radical (unpaired) electrons. The summed E-state index contributed by atoms with van der Waals surface area (Å²) >= 11 is 0. The summed E-state index contributed by atoms with van der Waals surface area (Å²) in [6.45, 7) is 3.09. The Kier molecular flexibility index (Phi) is 4.34. The molecule has 0 fully saturated rings. The molecule has 0 bridgehead atoms. The molecule has 0 aliphatic carbocycles. The molecule has 0 unspecified atom stereocenters. The minimum Gasteiger partial charge on any atom is -0.410 e. The molecule has 0 aliphatic heterocycles. The molecule has 0 spiro atoms. The normalized spacial score (nSPS) is 11.9. The summed E-state index contributed by atoms with van der Waals surface area (Å²) in [5, 5.41) is 2.44. The van der Waals surface area contributed by atoms with Gasteiger partial charge in [-0.25, -0.2) is 13.2 Å². The Morgan fingerprint density at radius 3 is 2.33 bits per heavy atom. The van der Waals surface area contributed by atoms with Crippen molar-refractivity contribution in [3.05, 3.63) is 30.3 Å². The fourth-order valence-corrected chi connectivity index (χ4v) is 1.38. The van der Waals surface area contributed by atoms with E-state index in [1.54, 1.807) is 44.2 Å². The van der Waals surface area contributed by atoms with Gasteiger partial charge in [-0.1, -0.05) is 18.2 Å². The van der Waals surface area contributed by atoms with Crippen LogP contribution in [0.4, 0.5) is 4.79 Å². The van der Waals surface area contributed by atoms with Crippen LogP contribution in [-0.4, -0.2) is 32.1 Å². The second-order valence-corrected chi connectivity index (χ2v) is 7.24. The molecule has 5 nitrogen and oxygen atoms in total. The quantitative estimate of drug-likeness (QED) is 0.902. The number of sulfone groups is 1. The van der Waals surface area contributed by atoms with Crippen molar-refractivity contribution in [2.75, 3.05) is 12.8 Å². The summed E-state index contributed by atoms with van der Waals surface area (Å²) in [5.41, 5.74) is 0. The Morgan fingerprint density at radius 2 is 1.83 bits per heavy atom. The van der Waals surface area contributed by atoms with Gasteiger partial charge >= 0.3 is 6.09 Å². The fraction of sp³-hybridized carbons (Fsp3) is 0.417. The second kappa shape index (κ2) is 5.39.